The number of hydrogen-bond acceptors (Lipinski definition) is 6. The van der Waals surface area contributed by atoms with Crippen molar-refractivity contribution in [3.05, 3.63) is 74.8 Å². The molecule has 1 aromatic carbocycles. The molecular formula is C30H38N6O2. The van der Waals surface area contributed by atoms with Gasteiger partial charge in [-0.25, -0.2) is 4.98 Å². The lowest BCUT2D eigenvalue weighted by molar-refractivity contribution is 0.0950. The van der Waals surface area contributed by atoms with Crippen molar-refractivity contribution in [2.24, 2.45) is 0 Å². The van der Waals surface area contributed by atoms with Crippen LogP contribution in [-0.2, 0) is 19.4 Å². The molecule has 0 spiro atoms. The summed E-state index contributed by atoms with van der Waals surface area (Å²) in [7, 11) is 0. The van der Waals surface area contributed by atoms with E-state index in [1.165, 1.54) is 0 Å². The van der Waals surface area contributed by atoms with E-state index < -0.39 is 0 Å². The van der Waals surface area contributed by atoms with E-state index in [4.69, 9.17) is 4.98 Å². The Morgan fingerprint density at radius 3 is 2.58 bits per heavy atom. The zero-order valence-corrected chi connectivity index (χ0v) is 22.9. The molecule has 1 amide bonds. The van der Waals surface area contributed by atoms with Gasteiger partial charge in [-0.2, -0.15) is 0 Å². The normalized spacial score (nSPS) is 15.2. The van der Waals surface area contributed by atoms with Crippen LogP contribution in [0.2, 0.25) is 0 Å². The largest absolute Gasteiger partial charge is 0.369 e. The van der Waals surface area contributed by atoms with Gasteiger partial charge in [0.2, 0.25) is 0 Å². The topological polar surface area (TPSA) is 93.4 Å². The fraction of sp³-hybridized carbons (Fsp3) is 0.433. The van der Waals surface area contributed by atoms with Crippen molar-refractivity contribution < 1.29 is 4.79 Å². The van der Waals surface area contributed by atoms with Gasteiger partial charge < -0.3 is 25.4 Å². The molecule has 0 bridgehead atoms. The van der Waals surface area contributed by atoms with Gasteiger partial charge in [0, 0.05) is 79.6 Å². The lowest BCUT2D eigenvalue weighted by Crippen LogP contribution is -2.43. The van der Waals surface area contributed by atoms with Gasteiger partial charge in [0.25, 0.3) is 11.5 Å². The number of pyridine rings is 2. The van der Waals surface area contributed by atoms with Gasteiger partial charge >= 0.3 is 0 Å². The quantitative estimate of drug-likeness (QED) is 0.448. The molecule has 0 saturated carbocycles. The van der Waals surface area contributed by atoms with E-state index in [1.54, 1.807) is 0 Å². The number of aromatic nitrogens is 2. The van der Waals surface area contributed by atoms with E-state index in [1.807, 2.05) is 32.2 Å². The Kier molecular flexibility index (Phi) is 7.51. The summed E-state index contributed by atoms with van der Waals surface area (Å²) in [5.41, 5.74) is 7.09. The highest BCUT2D eigenvalue weighted by Crippen LogP contribution is 2.37. The first-order chi connectivity index (χ1) is 18.4. The van der Waals surface area contributed by atoms with E-state index >= 15 is 0 Å². The average Bonchev–Trinajstić information content (AvgIpc) is 3.36. The summed E-state index contributed by atoms with van der Waals surface area (Å²) < 4.78 is 0. The van der Waals surface area contributed by atoms with Crippen LogP contribution in [0.25, 0.3) is 11.1 Å². The minimum atomic E-state index is -0.152. The third-order valence-corrected chi connectivity index (χ3v) is 7.70. The van der Waals surface area contributed by atoms with Crippen molar-refractivity contribution in [3.63, 3.8) is 0 Å². The van der Waals surface area contributed by atoms with Crippen molar-refractivity contribution in [1.82, 2.24) is 20.6 Å². The summed E-state index contributed by atoms with van der Waals surface area (Å²) in [4.78, 5) is 38.5. The molecule has 2 aliphatic rings. The zero-order valence-electron chi connectivity index (χ0n) is 22.9. The van der Waals surface area contributed by atoms with Crippen molar-refractivity contribution in [3.8, 4) is 11.1 Å². The SMILES string of the molecule is CCc1cc(C)[nH]c(=O)c1CNC(=O)c1cc(-c2ccc(N3CCNCC3)nc2)cc2c1CCN2C(C)C. The predicted octanol–water partition coefficient (Wildman–Crippen LogP) is 3.42. The highest BCUT2D eigenvalue weighted by molar-refractivity contribution is 5.99. The fourth-order valence-corrected chi connectivity index (χ4v) is 5.63. The Hall–Kier alpha value is -3.65. The van der Waals surface area contributed by atoms with E-state index in [9.17, 15) is 9.59 Å². The first kappa shape index (κ1) is 26.0. The standard InChI is InChI=1S/C30H38N6O2/c1-5-21-14-20(4)34-30(38)26(21)18-33-29(37)25-15-23(16-27-24(25)8-11-36(27)19(2)3)22-6-7-28(32-17-22)35-12-9-31-10-13-35/h6-7,14-17,19,31H,5,8-13,18H2,1-4H3,(H,33,37)(H,34,38). The highest BCUT2D eigenvalue weighted by atomic mass is 16.1. The van der Waals surface area contributed by atoms with Crippen molar-refractivity contribution in [1.29, 1.82) is 0 Å². The van der Waals surface area contributed by atoms with Crippen molar-refractivity contribution in [2.75, 3.05) is 42.5 Å². The first-order valence-electron chi connectivity index (χ1n) is 13.7. The van der Waals surface area contributed by atoms with E-state index in [-0.39, 0.29) is 18.0 Å². The summed E-state index contributed by atoms with van der Waals surface area (Å²) in [5, 5.41) is 6.43. The lowest BCUT2D eigenvalue weighted by atomic mass is 9.97. The van der Waals surface area contributed by atoms with E-state index in [0.717, 1.165) is 85.0 Å². The molecule has 2 aromatic heterocycles. The second-order valence-corrected chi connectivity index (χ2v) is 10.5. The summed E-state index contributed by atoms with van der Waals surface area (Å²) in [6.45, 7) is 13.2. The number of H-pyrrole nitrogens is 1. The zero-order chi connectivity index (χ0) is 26.8. The predicted molar refractivity (Wildman–Crippen MR) is 153 cm³/mol. The number of aromatic amines is 1. The molecule has 3 N–H and O–H groups in total. The number of fused-ring (bicyclic) bond motifs is 1. The van der Waals surface area contributed by atoms with Gasteiger partial charge in [0.15, 0.2) is 0 Å². The smallest absolute Gasteiger partial charge is 0.253 e. The van der Waals surface area contributed by atoms with Crippen LogP contribution >= 0.6 is 0 Å². The molecule has 1 saturated heterocycles. The number of nitrogens with one attached hydrogen (secondary N) is 3. The molecule has 38 heavy (non-hydrogen) atoms. The third kappa shape index (κ3) is 5.18. The second-order valence-electron chi connectivity index (χ2n) is 10.5. The maximum Gasteiger partial charge on any atom is 0.253 e. The maximum atomic E-state index is 13.6. The van der Waals surface area contributed by atoms with Gasteiger partial charge in [0.1, 0.15) is 5.82 Å². The highest BCUT2D eigenvalue weighted by Gasteiger charge is 2.27. The molecule has 5 rings (SSSR count). The minimum Gasteiger partial charge on any atom is -0.369 e. The molecule has 2 aliphatic heterocycles. The van der Waals surface area contributed by atoms with Gasteiger partial charge in [-0.1, -0.05) is 6.92 Å². The molecule has 0 atom stereocenters. The third-order valence-electron chi connectivity index (χ3n) is 7.70. The fourth-order valence-electron chi connectivity index (χ4n) is 5.63. The van der Waals surface area contributed by atoms with Crippen LogP contribution in [0.3, 0.4) is 0 Å². The van der Waals surface area contributed by atoms with Gasteiger partial charge in [-0.05, 0) is 80.6 Å². The van der Waals surface area contributed by atoms with Crippen LogP contribution < -0.4 is 26.0 Å². The summed E-state index contributed by atoms with van der Waals surface area (Å²) in [6.07, 6.45) is 3.47. The number of amides is 1. The number of anilines is 2. The lowest BCUT2D eigenvalue weighted by Gasteiger charge is -2.28. The van der Waals surface area contributed by atoms with Crippen LogP contribution in [0.15, 0.2) is 41.3 Å². The summed E-state index contributed by atoms with van der Waals surface area (Å²) in [5.74, 6) is 0.828. The van der Waals surface area contributed by atoms with E-state index in [0.29, 0.717) is 17.2 Å². The Morgan fingerprint density at radius 1 is 1.11 bits per heavy atom. The monoisotopic (exact) mass is 514 g/mol. The van der Waals surface area contributed by atoms with Crippen molar-refractivity contribution in [2.45, 2.75) is 53.1 Å². The molecule has 8 heteroatoms. The van der Waals surface area contributed by atoms with Crippen LogP contribution in [-0.4, -0.2) is 54.6 Å². The Morgan fingerprint density at radius 2 is 1.89 bits per heavy atom. The number of benzene rings is 1. The molecule has 4 heterocycles. The second kappa shape index (κ2) is 11.0. The molecule has 0 unspecified atom stereocenters. The number of carbonyl (C=O) groups excluding carboxylic acids is 1. The average molecular weight is 515 g/mol. The first-order valence-corrected chi connectivity index (χ1v) is 13.7. The molecule has 1 fully saturated rings. The number of aryl methyl sites for hydroxylation is 2. The number of hydrogen-bond donors (Lipinski definition) is 3. The van der Waals surface area contributed by atoms with Gasteiger partial charge in [-0.3, -0.25) is 9.59 Å². The number of carbonyl (C=O) groups is 1. The molecule has 0 aliphatic carbocycles. The van der Waals surface area contributed by atoms with E-state index in [2.05, 4.69) is 57.5 Å². The summed E-state index contributed by atoms with van der Waals surface area (Å²) in [6, 6.07) is 10.7. The molecular weight excluding hydrogens is 476 g/mol. The Bertz CT molecular complexity index is 1370. The van der Waals surface area contributed by atoms with Crippen LogP contribution in [0.1, 0.15) is 53.5 Å². The summed E-state index contributed by atoms with van der Waals surface area (Å²) >= 11 is 0. The Balaban J connectivity index is 1.46. The number of nitrogens with zero attached hydrogens (tertiary/aromatic N) is 3. The molecule has 200 valence electrons. The van der Waals surface area contributed by atoms with Crippen LogP contribution in [0, 0.1) is 6.92 Å². The van der Waals surface area contributed by atoms with Gasteiger partial charge in [0.05, 0.1) is 0 Å². The molecule has 3 aromatic rings. The van der Waals surface area contributed by atoms with Crippen LogP contribution in [0.5, 0.6) is 0 Å². The molecule has 0 radical (unpaired) electrons. The minimum absolute atomic E-state index is 0.136. The maximum absolute atomic E-state index is 13.6. The number of piperazine rings is 1. The van der Waals surface area contributed by atoms with Crippen LogP contribution in [0.4, 0.5) is 11.5 Å². The van der Waals surface area contributed by atoms with Gasteiger partial charge in [-0.15, -0.1) is 0 Å². The Labute approximate surface area is 224 Å². The number of rotatable bonds is 7. The van der Waals surface area contributed by atoms with Crippen molar-refractivity contribution >= 4 is 17.4 Å². The molecule has 8 nitrogen and oxygen atoms in total.